The molecular weight excluding hydrogens is 592 g/mol. The van der Waals surface area contributed by atoms with Crippen LogP contribution >= 0.6 is 24.0 Å². The molecule has 0 aromatic rings. The second-order valence-corrected chi connectivity index (χ2v) is 11.8. The predicted molar refractivity (Wildman–Crippen MR) is 166 cm³/mol. The van der Waals surface area contributed by atoms with Gasteiger partial charge in [0.05, 0.1) is 48.5 Å². The number of hydrogen-bond acceptors (Lipinski definition) is 13. The first-order chi connectivity index (χ1) is 20.7. The predicted octanol–water partition coefficient (Wildman–Crippen LogP) is -1.12. The van der Waals surface area contributed by atoms with Crippen LogP contribution in [-0.4, -0.2) is 111 Å². The van der Waals surface area contributed by atoms with Crippen LogP contribution in [0.3, 0.4) is 0 Å². The zero-order valence-corrected chi connectivity index (χ0v) is 26.5. The molecule has 0 radical (unpaired) electrons. The van der Waals surface area contributed by atoms with Crippen LogP contribution in [-0.2, 0) is 19.1 Å². The van der Waals surface area contributed by atoms with Crippen LogP contribution < -0.4 is 32.3 Å². The number of nitriles is 3. The minimum Gasteiger partial charge on any atom is -0.399 e. The molecule has 2 unspecified atom stereocenters. The van der Waals surface area contributed by atoms with Gasteiger partial charge >= 0.3 is 0 Å². The van der Waals surface area contributed by atoms with E-state index < -0.39 is 34.7 Å². The third-order valence-electron chi connectivity index (χ3n) is 7.20. The molecule has 2 fully saturated rings. The van der Waals surface area contributed by atoms with Gasteiger partial charge in [-0.05, 0) is 39.6 Å². The number of nitrogens with zero attached hydrogens (tertiary/aromatic N) is 4. The lowest BCUT2D eigenvalue weighted by atomic mass is 9.74. The van der Waals surface area contributed by atoms with Crippen molar-refractivity contribution in [1.29, 1.82) is 15.8 Å². The van der Waals surface area contributed by atoms with Crippen molar-refractivity contribution in [2.24, 2.45) is 17.1 Å². The van der Waals surface area contributed by atoms with E-state index in [1.807, 2.05) is 32.2 Å². The molecule has 2 aliphatic heterocycles. The molecule has 2 amide bonds. The number of likely N-dealkylation sites (N-methyl/N-ethyl adjacent to an activating group) is 2. The number of amides is 2. The van der Waals surface area contributed by atoms with Crippen molar-refractivity contribution in [3.63, 3.8) is 0 Å². The average Bonchev–Trinajstić information content (AvgIpc) is 3.33. The maximum absolute atomic E-state index is 13.8. The number of thioether (sulfide) groups is 1. The fourth-order valence-corrected chi connectivity index (χ4v) is 6.33. The van der Waals surface area contributed by atoms with Gasteiger partial charge in [-0.3, -0.25) is 9.59 Å². The Balaban J connectivity index is 2.06. The Bertz CT molecular complexity index is 1080. The number of nitrogens with one attached hydrogen (secondary N) is 5. The first kappa shape index (κ1) is 36.0. The lowest BCUT2D eigenvalue weighted by molar-refractivity contribution is -0.141. The zero-order valence-electron chi connectivity index (χ0n) is 24.9. The Morgan fingerprint density at radius 1 is 1.19 bits per heavy atom. The minimum absolute atomic E-state index is 0.0893. The van der Waals surface area contributed by atoms with Crippen molar-refractivity contribution < 1.29 is 19.1 Å². The second-order valence-electron chi connectivity index (χ2n) is 10.1. The van der Waals surface area contributed by atoms with E-state index in [1.54, 1.807) is 13.2 Å². The second kappa shape index (κ2) is 18.5. The van der Waals surface area contributed by atoms with E-state index in [0.29, 0.717) is 42.6 Å². The van der Waals surface area contributed by atoms with Crippen molar-refractivity contribution in [1.82, 2.24) is 31.5 Å². The zero-order chi connectivity index (χ0) is 31.8. The summed E-state index contributed by atoms with van der Waals surface area (Å²) in [6.07, 6.45) is 2.26. The van der Waals surface area contributed by atoms with E-state index in [-0.39, 0.29) is 38.1 Å². The van der Waals surface area contributed by atoms with Crippen molar-refractivity contribution in [3.05, 3.63) is 11.9 Å². The molecule has 0 aromatic heterocycles. The molecule has 2 saturated heterocycles. The highest BCUT2D eigenvalue weighted by molar-refractivity contribution is 7.99. The van der Waals surface area contributed by atoms with Crippen LogP contribution in [0.15, 0.2) is 11.9 Å². The summed E-state index contributed by atoms with van der Waals surface area (Å²) in [6, 6.07) is 3.37. The van der Waals surface area contributed by atoms with Crippen molar-refractivity contribution in [2.45, 2.75) is 43.3 Å². The number of hydrogen-bond donors (Lipinski definition) is 6. The van der Waals surface area contributed by atoms with Gasteiger partial charge in [-0.25, -0.2) is 0 Å². The fourth-order valence-electron chi connectivity index (χ4n) is 4.69. The maximum atomic E-state index is 13.8. The topological polar surface area (TPSA) is 213 Å². The normalized spacial score (nSPS) is 22.7. The minimum atomic E-state index is -2.10. The SMILES string of the molecule is CNCCOCCN/C=C(\N)COCCNC(=O)[C@@H]1C(C(C#N)(C#N)C#N)CC2SCC[C@H](NC(=S)[C@H](C)NC)C(=O)N21. The first-order valence-electron chi connectivity index (χ1n) is 14.1. The molecular formula is C27H42N10O4S2. The smallest absolute Gasteiger partial charge is 0.246 e. The maximum Gasteiger partial charge on any atom is 0.246 e. The highest BCUT2D eigenvalue weighted by atomic mass is 32.2. The molecule has 0 spiro atoms. The molecule has 5 atom stereocenters. The number of rotatable bonds is 17. The summed E-state index contributed by atoms with van der Waals surface area (Å²) < 4.78 is 11.0. The Labute approximate surface area is 263 Å². The summed E-state index contributed by atoms with van der Waals surface area (Å²) >= 11 is 6.91. The Morgan fingerprint density at radius 2 is 1.86 bits per heavy atom. The largest absolute Gasteiger partial charge is 0.399 e. The first-order valence-corrected chi connectivity index (χ1v) is 15.6. The third kappa shape index (κ3) is 9.93. The number of thiocarbonyl (C=S) groups is 1. The van der Waals surface area contributed by atoms with Gasteiger partial charge in [0, 0.05) is 31.8 Å². The van der Waals surface area contributed by atoms with Gasteiger partial charge in [0.15, 0.2) is 0 Å². The highest BCUT2D eigenvalue weighted by Gasteiger charge is 2.58. The third-order valence-corrected chi connectivity index (χ3v) is 8.95. The molecule has 2 aliphatic rings. The van der Waals surface area contributed by atoms with Gasteiger partial charge in [0.1, 0.15) is 30.3 Å². The monoisotopic (exact) mass is 634 g/mol. The van der Waals surface area contributed by atoms with Gasteiger partial charge in [-0.15, -0.1) is 11.8 Å². The number of nitrogens with two attached hydrogens (primary N) is 1. The van der Waals surface area contributed by atoms with Crippen LogP contribution in [0.25, 0.3) is 0 Å². The molecule has 0 saturated carbocycles. The molecule has 7 N–H and O–H groups in total. The van der Waals surface area contributed by atoms with E-state index in [2.05, 4.69) is 26.6 Å². The van der Waals surface area contributed by atoms with Crippen LogP contribution in [0, 0.1) is 45.3 Å². The van der Waals surface area contributed by atoms with E-state index in [4.69, 9.17) is 27.4 Å². The molecule has 2 heterocycles. The van der Waals surface area contributed by atoms with Crippen LogP contribution in [0.1, 0.15) is 19.8 Å². The molecule has 16 heteroatoms. The number of carbonyl (C=O) groups excluding carboxylic acids is 2. The Hall–Kier alpha value is -3.17. The quantitative estimate of drug-likeness (QED) is 0.0826. The summed E-state index contributed by atoms with van der Waals surface area (Å²) in [6.45, 7) is 4.70. The lowest BCUT2D eigenvalue weighted by Crippen LogP contribution is -2.57. The molecule has 0 bridgehead atoms. The van der Waals surface area contributed by atoms with Crippen molar-refractivity contribution in [2.75, 3.05) is 65.9 Å². The van der Waals surface area contributed by atoms with Crippen molar-refractivity contribution >= 4 is 40.8 Å². The van der Waals surface area contributed by atoms with Crippen molar-refractivity contribution in [3.8, 4) is 18.2 Å². The highest BCUT2D eigenvalue weighted by Crippen LogP contribution is 2.46. The van der Waals surface area contributed by atoms with E-state index in [0.717, 1.165) is 6.54 Å². The summed E-state index contributed by atoms with van der Waals surface area (Å²) in [5.41, 5.74) is 4.30. The van der Waals surface area contributed by atoms with Gasteiger partial charge in [-0.1, -0.05) is 12.2 Å². The Kier molecular flexibility index (Phi) is 15.5. The fraction of sp³-hybridized carbons (Fsp3) is 0.704. The summed E-state index contributed by atoms with van der Waals surface area (Å²) in [5, 5.41) is 44.0. The molecule has 43 heavy (non-hydrogen) atoms. The molecule has 2 rings (SSSR count). The van der Waals surface area contributed by atoms with E-state index >= 15 is 0 Å². The summed E-state index contributed by atoms with van der Waals surface area (Å²) in [4.78, 5) is 29.3. The lowest BCUT2D eigenvalue weighted by Gasteiger charge is -2.33. The van der Waals surface area contributed by atoms with E-state index in [1.165, 1.54) is 16.7 Å². The molecule has 14 nitrogen and oxygen atoms in total. The number of carbonyl (C=O) groups is 2. The summed E-state index contributed by atoms with van der Waals surface area (Å²) in [5.74, 6) is -1.35. The standard InChI is InChI=1S/C27H42N10O4S2/c1-18(33-3)25(42)36-21-4-11-43-22-12-20(27(15-28,16-29)17-30)23(37(22)26(21)39)24(38)35-7-10-41-14-19(31)13-34-6-9-40-8-5-32-2/h13,18,20-23,32-34H,4-12,14,31H2,1-3H3,(H,35,38)(H,36,42)/b19-13-/t18-,20?,21-,22?,23-/m0/s1. The Morgan fingerprint density at radius 3 is 2.51 bits per heavy atom. The summed E-state index contributed by atoms with van der Waals surface area (Å²) in [7, 11) is 3.61. The van der Waals surface area contributed by atoms with Gasteiger partial charge in [0.2, 0.25) is 17.2 Å². The molecule has 236 valence electrons. The van der Waals surface area contributed by atoms with Crippen LogP contribution in [0.2, 0.25) is 0 Å². The van der Waals surface area contributed by atoms with Gasteiger partial charge in [-0.2, -0.15) is 15.8 Å². The van der Waals surface area contributed by atoms with Gasteiger partial charge < -0.3 is 46.7 Å². The van der Waals surface area contributed by atoms with Gasteiger partial charge in [0.25, 0.3) is 0 Å². The molecule has 0 aromatic carbocycles. The van der Waals surface area contributed by atoms with E-state index in [9.17, 15) is 25.4 Å². The average molecular weight is 635 g/mol. The number of fused-ring (bicyclic) bond motifs is 1. The van der Waals surface area contributed by atoms with Crippen LogP contribution in [0.4, 0.5) is 0 Å². The molecule has 0 aliphatic carbocycles. The number of ether oxygens (including phenoxy) is 2. The van der Waals surface area contributed by atoms with Crippen LogP contribution in [0.5, 0.6) is 0 Å².